The van der Waals surface area contributed by atoms with Crippen molar-refractivity contribution in [2.24, 2.45) is 0 Å². The van der Waals surface area contributed by atoms with Gasteiger partial charge in [-0.1, -0.05) is 42.5 Å². The highest BCUT2D eigenvalue weighted by atomic mass is 32.2. The van der Waals surface area contributed by atoms with Crippen molar-refractivity contribution in [3.63, 3.8) is 0 Å². The van der Waals surface area contributed by atoms with Gasteiger partial charge in [-0.15, -0.1) is 11.8 Å². The SMILES string of the molecule is CCN(C=C(C(=O)CSCc1ccccc1)c1cccc(F)c1)CC. The lowest BCUT2D eigenvalue weighted by Crippen LogP contribution is -2.18. The van der Waals surface area contributed by atoms with Gasteiger partial charge in [-0.05, 0) is 37.1 Å². The number of benzene rings is 2. The average molecular weight is 357 g/mol. The summed E-state index contributed by atoms with van der Waals surface area (Å²) in [6.07, 6.45) is 1.86. The number of ketones is 1. The highest BCUT2D eigenvalue weighted by Gasteiger charge is 2.14. The fourth-order valence-corrected chi connectivity index (χ4v) is 3.34. The minimum atomic E-state index is -0.326. The Hall–Kier alpha value is -2.07. The van der Waals surface area contributed by atoms with Gasteiger partial charge in [0, 0.05) is 30.6 Å². The minimum absolute atomic E-state index is 0.0263. The minimum Gasteiger partial charge on any atom is -0.377 e. The fourth-order valence-electron chi connectivity index (χ4n) is 2.47. The number of carbonyl (C=O) groups is 1. The van der Waals surface area contributed by atoms with Crippen molar-refractivity contribution in [2.75, 3.05) is 18.8 Å². The molecule has 0 aliphatic carbocycles. The number of hydrogen-bond acceptors (Lipinski definition) is 3. The van der Waals surface area contributed by atoms with Gasteiger partial charge in [-0.3, -0.25) is 4.79 Å². The number of allylic oxidation sites excluding steroid dienone is 1. The van der Waals surface area contributed by atoms with E-state index in [0.29, 0.717) is 16.9 Å². The van der Waals surface area contributed by atoms with Crippen molar-refractivity contribution in [2.45, 2.75) is 19.6 Å². The predicted octanol–water partition coefficient (Wildman–Crippen LogP) is 5.01. The van der Waals surface area contributed by atoms with E-state index < -0.39 is 0 Å². The first kappa shape index (κ1) is 19.3. The Morgan fingerprint density at radius 3 is 2.44 bits per heavy atom. The van der Waals surface area contributed by atoms with Crippen molar-refractivity contribution in [3.05, 3.63) is 77.7 Å². The topological polar surface area (TPSA) is 20.3 Å². The van der Waals surface area contributed by atoms with Crippen LogP contribution in [-0.2, 0) is 10.5 Å². The summed E-state index contributed by atoms with van der Waals surface area (Å²) in [5.74, 6) is 0.860. The van der Waals surface area contributed by atoms with Crippen LogP contribution < -0.4 is 0 Å². The molecule has 2 nitrogen and oxygen atoms in total. The van der Waals surface area contributed by atoms with Crippen LogP contribution in [0.4, 0.5) is 4.39 Å². The summed E-state index contributed by atoms with van der Waals surface area (Å²) >= 11 is 1.58. The number of thioether (sulfide) groups is 1. The van der Waals surface area contributed by atoms with Gasteiger partial charge in [-0.25, -0.2) is 4.39 Å². The lowest BCUT2D eigenvalue weighted by atomic mass is 10.0. The van der Waals surface area contributed by atoms with Crippen LogP contribution in [0.1, 0.15) is 25.0 Å². The van der Waals surface area contributed by atoms with Crippen LogP contribution in [0.5, 0.6) is 0 Å². The van der Waals surface area contributed by atoms with E-state index >= 15 is 0 Å². The van der Waals surface area contributed by atoms with E-state index in [-0.39, 0.29) is 11.6 Å². The molecule has 4 heteroatoms. The molecular weight excluding hydrogens is 333 g/mol. The summed E-state index contributed by atoms with van der Waals surface area (Å²) in [5, 5.41) is 0. The van der Waals surface area contributed by atoms with Gasteiger partial charge < -0.3 is 4.90 Å². The molecule has 132 valence electrons. The molecule has 0 atom stereocenters. The van der Waals surface area contributed by atoms with Gasteiger partial charge in [0.1, 0.15) is 5.82 Å². The molecule has 2 aromatic carbocycles. The van der Waals surface area contributed by atoms with Crippen LogP contribution in [0.25, 0.3) is 5.57 Å². The van der Waals surface area contributed by atoms with Crippen LogP contribution in [0.3, 0.4) is 0 Å². The average Bonchev–Trinajstić information content (AvgIpc) is 2.63. The summed E-state index contributed by atoms with van der Waals surface area (Å²) < 4.78 is 13.6. The Bertz CT molecular complexity index is 711. The maximum Gasteiger partial charge on any atom is 0.174 e. The second kappa shape index (κ2) is 10.0. The molecule has 0 N–H and O–H groups in total. The van der Waals surface area contributed by atoms with Crippen molar-refractivity contribution in [1.82, 2.24) is 4.90 Å². The molecule has 0 radical (unpaired) electrons. The van der Waals surface area contributed by atoms with Crippen LogP contribution in [0, 0.1) is 5.82 Å². The van der Waals surface area contributed by atoms with Crippen molar-refractivity contribution >= 4 is 23.1 Å². The molecule has 0 fully saturated rings. The zero-order chi connectivity index (χ0) is 18.1. The molecule has 0 aliphatic rings. The van der Waals surface area contributed by atoms with Crippen LogP contribution >= 0.6 is 11.8 Å². The van der Waals surface area contributed by atoms with Gasteiger partial charge in [0.15, 0.2) is 5.78 Å². The normalized spacial score (nSPS) is 11.4. The largest absolute Gasteiger partial charge is 0.377 e. The van der Waals surface area contributed by atoms with Crippen molar-refractivity contribution in [1.29, 1.82) is 0 Å². The first-order chi connectivity index (χ1) is 12.1. The summed E-state index contributed by atoms with van der Waals surface area (Å²) in [4.78, 5) is 14.8. The molecule has 0 bridgehead atoms. The third-order valence-corrected chi connectivity index (χ3v) is 4.91. The number of Topliss-reactive ketones (excluding diaryl/α,β-unsaturated/α-hetero) is 1. The van der Waals surface area contributed by atoms with E-state index in [1.54, 1.807) is 23.9 Å². The molecule has 0 aromatic heterocycles. The quantitative estimate of drug-likeness (QED) is 0.588. The van der Waals surface area contributed by atoms with E-state index in [0.717, 1.165) is 18.8 Å². The van der Waals surface area contributed by atoms with E-state index in [9.17, 15) is 9.18 Å². The molecule has 0 spiro atoms. The second-order valence-electron chi connectivity index (χ2n) is 5.68. The lowest BCUT2D eigenvalue weighted by molar-refractivity contribution is -0.111. The van der Waals surface area contributed by atoms with E-state index in [2.05, 4.69) is 17.0 Å². The zero-order valence-corrected chi connectivity index (χ0v) is 15.6. The Balaban J connectivity index is 2.12. The van der Waals surface area contributed by atoms with Gasteiger partial charge >= 0.3 is 0 Å². The molecule has 2 rings (SSSR count). The Morgan fingerprint density at radius 1 is 1.08 bits per heavy atom. The summed E-state index contributed by atoms with van der Waals surface area (Å²) in [7, 11) is 0. The first-order valence-electron chi connectivity index (χ1n) is 8.50. The van der Waals surface area contributed by atoms with Gasteiger partial charge in [0.2, 0.25) is 0 Å². The Kier molecular flexibility index (Phi) is 7.74. The smallest absolute Gasteiger partial charge is 0.174 e. The standard InChI is InChI=1S/C21H24FNOS/c1-3-23(4-2)14-20(18-11-8-12-19(22)13-18)21(24)16-25-15-17-9-6-5-7-10-17/h5-14H,3-4,15-16H2,1-2H3. The van der Waals surface area contributed by atoms with E-state index in [1.165, 1.54) is 17.7 Å². The molecule has 0 amide bonds. The maximum atomic E-state index is 13.6. The first-order valence-corrected chi connectivity index (χ1v) is 9.66. The number of halogens is 1. The molecule has 25 heavy (non-hydrogen) atoms. The van der Waals surface area contributed by atoms with Crippen molar-refractivity contribution in [3.8, 4) is 0 Å². The lowest BCUT2D eigenvalue weighted by Gasteiger charge is -2.18. The van der Waals surface area contributed by atoms with E-state index in [4.69, 9.17) is 0 Å². The highest BCUT2D eigenvalue weighted by molar-refractivity contribution is 7.99. The molecule has 0 aliphatic heterocycles. The number of nitrogens with zero attached hydrogens (tertiary/aromatic N) is 1. The molecule has 0 saturated heterocycles. The molecule has 2 aromatic rings. The molecule has 0 unspecified atom stereocenters. The highest BCUT2D eigenvalue weighted by Crippen LogP contribution is 2.21. The van der Waals surface area contributed by atoms with Crippen LogP contribution in [-0.4, -0.2) is 29.5 Å². The third kappa shape index (κ3) is 6.05. The van der Waals surface area contributed by atoms with Crippen molar-refractivity contribution < 1.29 is 9.18 Å². The maximum absolute atomic E-state index is 13.6. The fraction of sp³-hybridized carbons (Fsp3) is 0.286. The molecular formula is C21H24FNOS. The summed E-state index contributed by atoms with van der Waals surface area (Å²) in [6.45, 7) is 5.69. The molecule has 0 saturated carbocycles. The Labute approximate surface area is 153 Å². The van der Waals surface area contributed by atoms with Gasteiger partial charge in [0.05, 0.1) is 5.75 Å². The molecule has 0 heterocycles. The van der Waals surface area contributed by atoms with Gasteiger partial charge in [-0.2, -0.15) is 0 Å². The number of carbonyl (C=O) groups excluding carboxylic acids is 1. The Morgan fingerprint density at radius 2 is 1.80 bits per heavy atom. The predicted molar refractivity (Wildman–Crippen MR) is 105 cm³/mol. The third-order valence-electron chi connectivity index (χ3n) is 3.90. The monoisotopic (exact) mass is 357 g/mol. The number of hydrogen-bond donors (Lipinski definition) is 0. The number of rotatable bonds is 9. The zero-order valence-electron chi connectivity index (χ0n) is 14.7. The van der Waals surface area contributed by atoms with E-state index in [1.807, 2.05) is 38.2 Å². The second-order valence-corrected chi connectivity index (χ2v) is 6.66. The van der Waals surface area contributed by atoms with Gasteiger partial charge in [0.25, 0.3) is 0 Å². The summed E-state index contributed by atoms with van der Waals surface area (Å²) in [6, 6.07) is 16.3. The van der Waals surface area contributed by atoms with Crippen LogP contribution in [0.15, 0.2) is 60.8 Å². The summed E-state index contributed by atoms with van der Waals surface area (Å²) in [5.41, 5.74) is 2.40. The van der Waals surface area contributed by atoms with Crippen LogP contribution in [0.2, 0.25) is 0 Å².